The summed E-state index contributed by atoms with van der Waals surface area (Å²) in [6, 6.07) is 8.01. The van der Waals surface area contributed by atoms with Gasteiger partial charge < -0.3 is 9.64 Å². The van der Waals surface area contributed by atoms with Gasteiger partial charge in [-0.2, -0.15) is 0 Å². The predicted molar refractivity (Wildman–Crippen MR) is 132 cm³/mol. The highest BCUT2D eigenvalue weighted by atomic mass is 32.2. The Bertz CT molecular complexity index is 939. The van der Waals surface area contributed by atoms with Crippen molar-refractivity contribution in [1.82, 2.24) is 4.90 Å². The van der Waals surface area contributed by atoms with E-state index in [1.165, 1.54) is 12.5 Å². The number of alkyl halides is 2. The first-order chi connectivity index (χ1) is 16.1. The van der Waals surface area contributed by atoms with E-state index in [0.717, 1.165) is 51.7 Å². The summed E-state index contributed by atoms with van der Waals surface area (Å²) in [5.74, 6) is -1.41. The molecule has 2 aliphatic carbocycles. The molecule has 3 aliphatic rings. The number of likely N-dealkylation sites (tertiary alicyclic amines) is 1. The summed E-state index contributed by atoms with van der Waals surface area (Å²) < 4.78 is 60.1. The van der Waals surface area contributed by atoms with Gasteiger partial charge >= 0.3 is 0 Å². The maximum atomic E-state index is 13.6. The molecule has 1 aromatic rings. The monoisotopic (exact) mass is 498 g/mol. The van der Waals surface area contributed by atoms with Crippen molar-refractivity contribution < 1.29 is 21.9 Å². The van der Waals surface area contributed by atoms with Gasteiger partial charge in [-0.1, -0.05) is 26.0 Å². The first-order valence-electron chi connectivity index (χ1n) is 12.9. The highest BCUT2D eigenvalue weighted by Gasteiger charge is 2.67. The fourth-order valence-corrected chi connectivity index (χ4v) is 7.50. The third-order valence-electron chi connectivity index (χ3n) is 8.50. The zero-order valence-electron chi connectivity index (χ0n) is 20.7. The summed E-state index contributed by atoms with van der Waals surface area (Å²) in [7, 11) is -1.64. The largest absolute Gasteiger partial charge is 0.381 e. The lowest BCUT2D eigenvalue weighted by molar-refractivity contribution is -0.0296. The van der Waals surface area contributed by atoms with Gasteiger partial charge in [0, 0.05) is 44.1 Å². The number of rotatable bonds is 14. The SMILES string of the molecule is CCC(F)(F)CCC(CCCN1CC2C(C1)C2(CC)c1cccc(NS(=O)(=O)C2CC2)c1)OC. The second kappa shape index (κ2) is 10.0. The summed E-state index contributed by atoms with van der Waals surface area (Å²) in [5.41, 5.74) is 2.06. The Morgan fingerprint density at radius 3 is 2.50 bits per heavy atom. The van der Waals surface area contributed by atoms with Crippen LogP contribution in [0.3, 0.4) is 0 Å². The highest BCUT2D eigenvalue weighted by molar-refractivity contribution is 7.93. The van der Waals surface area contributed by atoms with E-state index in [1.807, 2.05) is 18.2 Å². The van der Waals surface area contributed by atoms with Crippen LogP contribution in [0.2, 0.25) is 0 Å². The molecule has 0 amide bonds. The van der Waals surface area contributed by atoms with Gasteiger partial charge in [-0.3, -0.25) is 4.72 Å². The normalized spacial score (nSPS) is 28.0. The fraction of sp³-hybridized carbons (Fsp3) is 0.769. The van der Waals surface area contributed by atoms with Crippen molar-refractivity contribution in [2.45, 2.75) is 87.9 Å². The Kier molecular flexibility index (Phi) is 7.61. The number of nitrogens with zero attached hydrogens (tertiary/aromatic N) is 1. The minimum Gasteiger partial charge on any atom is -0.381 e. The highest BCUT2D eigenvalue weighted by Crippen LogP contribution is 2.65. The molecule has 4 rings (SSSR count). The molecule has 0 spiro atoms. The van der Waals surface area contributed by atoms with E-state index in [-0.39, 0.29) is 29.6 Å². The fourth-order valence-electron chi connectivity index (χ4n) is 6.12. The summed E-state index contributed by atoms with van der Waals surface area (Å²) in [5, 5.41) is -0.231. The maximum Gasteiger partial charge on any atom is 0.248 e. The van der Waals surface area contributed by atoms with Crippen molar-refractivity contribution in [2.24, 2.45) is 11.8 Å². The van der Waals surface area contributed by atoms with Gasteiger partial charge in [-0.05, 0) is 74.6 Å². The Morgan fingerprint density at radius 2 is 1.91 bits per heavy atom. The van der Waals surface area contributed by atoms with Crippen LogP contribution in [-0.4, -0.2) is 57.3 Å². The molecular formula is C26H40F2N2O3S. The standard InChI is InChI=1S/C26H40F2N2O3S/c1-4-25(27,28)14-13-21(33-3)10-7-15-30-17-23-24(18-30)26(23,5-2)19-8-6-9-20(16-19)29-34(31,32)22-11-12-22/h6,8-9,16,21-24,29H,4-5,7,10-15,17-18H2,1-3H3. The number of fused-ring (bicyclic) bond motifs is 1. The first kappa shape index (κ1) is 25.8. The van der Waals surface area contributed by atoms with Crippen LogP contribution in [0, 0.1) is 11.8 Å². The smallest absolute Gasteiger partial charge is 0.248 e. The van der Waals surface area contributed by atoms with E-state index in [0.29, 0.717) is 23.9 Å². The minimum atomic E-state index is -3.26. The lowest BCUT2D eigenvalue weighted by Gasteiger charge is -2.27. The lowest BCUT2D eigenvalue weighted by Crippen LogP contribution is -2.31. The van der Waals surface area contributed by atoms with E-state index in [1.54, 1.807) is 7.11 Å². The van der Waals surface area contributed by atoms with Crippen molar-refractivity contribution in [3.63, 3.8) is 0 Å². The molecular weight excluding hydrogens is 458 g/mol. The summed E-state index contributed by atoms with van der Waals surface area (Å²) in [6.45, 7) is 6.82. The van der Waals surface area contributed by atoms with Gasteiger partial charge in [0.1, 0.15) is 0 Å². The van der Waals surface area contributed by atoms with Gasteiger partial charge in [-0.25, -0.2) is 17.2 Å². The van der Waals surface area contributed by atoms with Gasteiger partial charge in [0.2, 0.25) is 15.9 Å². The zero-order chi connectivity index (χ0) is 24.6. The molecule has 5 nitrogen and oxygen atoms in total. The van der Waals surface area contributed by atoms with Crippen LogP contribution in [0.5, 0.6) is 0 Å². The first-order valence-corrected chi connectivity index (χ1v) is 14.4. The maximum absolute atomic E-state index is 13.6. The van der Waals surface area contributed by atoms with Crippen molar-refractivity contribution in [3.8, 4) is 0 Å². The van der Waals surface area contributed by atoms with E-state index >= 15 is 0 Å². The number of benzene rings is 1. The molecule has 0 radical (unpaired) electrons. The van der Waals surface area contributed by atoms with Gasteiger partial charge in [0.15, 0.2) is 0 Å². The molecule has 1 saturated heterocycles. The molecule has 1 aromatic carbocycles. The van der Waals surface area contributed by atoms with Crippen LogP contribution in [0.1, 0.15) is 70.8 Å². The molecule has 34 heavy (non-hydrogen) atoms. The number of anilines is 1. The second-order valence-corrected chi connectivity index (χ2v) is 12.5. The Hall–Kier alpha value is -1.25. The molecule has 0 aromatic heterocycles. The average Bonchev–Trinajstić information content (AvgIpc) is 3.72. The molecule has 1 aliphatic heterocycles. The van der Waals surface area contributed by atoms with Gasteiger partial charge in [-0.15, -0.1) is 0 Å². The third-order valence-corrected chi connectivity index (χ3v) is 10.4. The van der Waals surface area contributed by atoms with E-state index < -0.39 is 15.9 Å². The molecule has 1 N–H and O–H groups in total. The Labute approximate surface area is 203 Å². The number of nitrogens with one attached hydrogen (secondary N) is 1. The average molecular weight is 499 g/mol. The van der Waals surface area contributed by atoms with Crippen molar-refractivity contribution in [3.05, 3.63) is 29.8 Å². The molecule has 0 bridgehead atoms. The van der Waals surface area contributed by atoms with Crippen molar-refractivity contribution >= 4 is 15.7 Å². The van der Waals surface area contributed by atoms with E-state index in [4.69, 9.17) is 4.74 Å². The number of halogens is 2. The van der Waals surface area contributed by atoms with E-state index in [2.05, 4.69) is 22.6 Å². The second-order valence-electron chi connectivity index (χ2n) is 10.5. The van der Waals surface area contributed by atoms with Gasteiger partial charge in [0.05, 0.1) is 11.4 Å². The third kappa shape index (κ3) is 5.44. The molecule has 3 fully saturated rings. The predicted octanol–water partition coefficient (Wildman–Crippen LogP) is 5.42. The van der Waals surface area contributed by atoms with Gasteiger partial charge in [0.25, 0.3) is 0 Å². The number of sulfonamides is 1. The molecule has 1 heterocycles. The van der Waals surface area contributed by atoms with Crippen LogP contribution in [0.25, 0.3) is 0 Å². The van der Waals surface area contributed by atoms with E-state index in [9.17, 15) is 17.2 Å². The molecule has 192 valence electrons. The summed E-state index contributed by atoms with van der Waals surface area (Å²) in [4.78, 5) is 2.50. The van der Waals surface area contributed by atoms with Crippen molar-refractivity contribution in [1.29, 1.82) is 0 Å². The Morgan fingerprint density at radius 1 is 1.21 bits per heavy atom. The zero-order valence-corrected chi connectivity index (χ0v) is 21.5. The Balaban J connectivity index is 1.27. The number of ether oxygens (including phenoxy) is 1. The number of hydrogen-bond acceptors (Lipinski definition) is 4. The van der Waals surface area contributed by atoms with Crippen LogP contribution in [0.4, 0.5) is 14.5 Å². The topological polar surface area (TPSA) is 58.6 Å². The van der Waals surface area contributed by atoms with Crippen LogP contribution >= 0.6 is 0 Å². The lowest BCUT2D eigenvalue weighted by atomic mass is 9.87. The molecule has 8 heteroatoms. The number of hydrogen-bond donors (Lipinski definition) is 1. The number of piperidine rings is 1. The quantitative estimate of drug-likeness (QED) is 0.372. The van der Waals surface area contributed by atoms with Crippen LogP contribution < -0.4 is 4.72 Å². The summed E-state index contributed by atoms with van der Waals surface area (Å²) >= 11 is 0. The molecule has 3 atom stereocenters. The molecule has 2 saturated carbocycles. The van der Waals surface area contributed by atoms with Crippen LogP contribution in [0.15, 0.2) is 24.3 Å². The van der Waals surface area contributed by atoms with Crippen molar-refractivity contribution in [2.75, 3.05) is 31.5 Å². The van der Waals surface area contributed by atoms with Crippen LogP contribution in [-0.2, 0) is 20.2 Å². The number of methoxy groups -OCH3 is 1. The molecule has 3 unspecified atom stereocenters. The summed E-state index contributed by atoms with van der Waals surface area (Å²) in [6.07, 6.45) is 4.39. The minimum absolute atomic E-state index is 0.105.